The first-order chi connectivity index (χ1) is 14.8. The summed E-state index contributed by atoms with van der Waals surface area (Å²) in [5.41, 5.74) is 3.90. The minimum absolute atomic E-state index is 0.112. The van der Waals surface area contributed by atoms with Crippen LogP contribution in [0.1, 0.15) is 27.9 Å². The van der Waals surface area contributed by atoms with Crippen molar-refractivity contribution in [3.8, 4) is 0 Å². The van der Waals surface area contributed by atoms with Crippen LogP contribution in [-0.4, -0.2) is 27.4 Å². The molecule has 5 nitrogen and oxygen atoms in total. The van der Waals surface area contributed by atoms with Crippen molar-refractivity contribution in [1.29, 1.82) is 0 Å². The Labute approximate surface area is 197 Å². The molecule has 1 saturated heterocycles. The van der Waals surface area contributed by atoms with E-state index in [2.05, 4.69) is 37.2 Å². The van der Waals surface area contributed by atoms with E-state index in [4.69, 9.17) is 0 Å². The summed E-state index contributed by atoms with van der Waals surface area (Å²) in [6.07, 6.45) is 0.907. The van der Waals surface area contributed by atoms with Gasteiger partial charge in [-0.1, -0.05) is 37.9 Å². The molecule has 1 N–H and O–H groups in total. The van der Waals surface area contributed by atoms with Gasteiger partial charge in [0.05, 0.1) is 17.5 Å². The van der Waals surface area contributed by atoms with E-state index in [1.54, 1.807) is 24.3 Å². The molecule has 0 spiro atoms. The van der Waals surface area contributed by atoms with E-state index in [0.717, 1.165) is 23.2 Å². The molecule has 0 unspecified atom stereocenters. The number of halogens is 2. The largest absolute Gasteiger partial charge is 0.322 e. The van der Waals surface area contributed by atoms with Gasteiger partial charge in [-0.15, -0.1) is 0 Å². The molecule has 2 aliphatic carbocycles. The average Bonchev–Trinajstić information content (AvgIpc) is 3.32. The molecule has 160 valence electrons. The number of benzene rings is 2. The maximum Gasteiger partial charge on any atom is 0.255 e. The first-order valence-electron chi connectivity index (χ1n) is 10.4. The Morgan fingerprint density at radius 2 is 1.42 bits per heavy atom. The van der Waals surface area contributed by atoms with Gasteiger partial charge in [0, 0.05) is 20.9 Å². The van der Waals surface area contributed by atoms with Crippen LogP contribution in [0.3, 0.4) is 0 Å². The maximum absolute atomic E-state index is 13.2. The van der Waals surface area contributed by atoms with Crippen LogP contribution >= 0.6 is 31.9 Å². The summed E-state index contributed by atoms with van der Waals surface area (Å²) < 4.78 is 0. The smallest absolute Gasteiger partial charge is 0.255 e. The molecule has 0 radical (unpaired) electrons. The molecule has 7 heteroatoms. The molecule has 6 atom stereocenters. The lowest BCUT2D eigenvalue weighted by molar-refractivity contribution is -0.123. The number of hydrogen-bond donors (Lipinski definition) is 1. The molecular weight excluding hydrogens is 524 g/mol. The van der Waals surface area contributed by atoms with Crippen LogP contribution in [0.5, 0.6) is 0 Å². The summed E-state index contributed by atoms with van der Waals surface area (Å²) in [5.74, 6) is -0.578. The van der Waals surface area contributed by atoms with Gasteiger partial charge in [0.15, 0.2) is 0 Å². The highest BCUT2D eigenvalue weighted by Crippen LogP contribution is 2.60. The summed E-state index contributed by atoms with van der Waals surface area (Å²) in [6, 6.07) is 12.6. The van der Waals surface area contributed by atoms with Crippen LogP contribution in [0.25, 0.3) is 0 Å². The molecule has 2 aromatic rings. The standard InChI is InChI=1S/C24H22Br2N2O3/c1-11-7-12(2)9-14(8-11)27-22(29)13-3-5-15(6-4-13)28-23(30)18-16-10-17(19(18)24(28)31)21(26)20(16)25/h3-9,16-21H,10H2,1-2H3,(H,27,29)/t16-,17-,18-,19-,20-,21+/m1/s1. The van der Waals surface area contributed by atoms with Crippen molar-refractivity contribution >= 4 is 61.0 Å². The Morgan fingerprint density at radius 1 is 0.903 bits per heavy atom. The first kappa shape index (κ1) is 20.9. The van der Waals surface area contributed by atoms with Crippen molar-refractivity contribution in [3.63, 3.8) is 0 Å². The number of rotatable bonds is 3. The quantitative estimate of drug-likeness (QED) is 0.443. The van der Waals surface area contributed by atoms with E-state index in [9.17, 15) is 14.4 Å². The zero-order valence-corrected chi connectivity index (χ0v) is 20.3. The Hall–Kier alpha value is -1.99. The third-order valence-electron chi connectivity index (χ3n) is 6.85. The van der Waals surface area contributed by atoms with E-state index < -0.39 is 0 Å². The van der Waals surface area contributed by atoms with Gasteiger partial charge < -0.3 is 5.32 Å². The predicted molar refractivity (Wildman–Crippen MR) is 127 cm³/mol. The molecule has 2 saturated carbocycles. The summed E-state index contributed by atoms with van der Waals surface area (Å²) in [6.45, 7) is 3.97. The summed E-state index contributed by atoms with van der Waals surface area (Å²) in [5, 5.41) is 2.91. The van der Waals surface area contributed by atoms with Crippen LogP contribution in [0.4, 0.5) is 11.4 Å². The predicted octanol–water partition coefficient (Wildman–Crippen LogP) is 4.84. The molecular formula is C24H22Br2N2O3. The van der Waals surface area contributed by atoms with E-state index in [-0.39, 0.29) is 51.0 Å². The fourth-order valence-electron chi connectivity index (χ4n) is 5.62. The van der Waals surface area contributed by atoms with Crippen LogP contribution in [-0.2, 0) is 9.59 Å². The number of alkyl halides is 2. The highest BCUT2D eigenvalue weighted by atomic mass is 79.9. The third kappa shape index (κ3) is 3.28. The Morgan fingerprint density at radius 3 is 1.94 bits per heavy atom. The average molecular weight is 546 g/mol. The molecule has 31 heavy (non-hydrogen) atoms. The van der Waals surface area contributed by atoms with Gasteiger partial charge in [0.25, 0.3) is 5.91 Å². The second kappa shape index (κ2) is 7.55. The molecule has 0 aromatic heterocycles. The minimum Gasteiger partial charge on any atom is -0.322 e. The zero-order chi connectivity index (χ0) is 22.0. The van der Waals surface area contributed by atoms with Gasteiger partial charge in [-0.2, -0.15) is 0 Å². The Bertz CT molecular complexity index is 1050. The summed E-state index contributed by atoms with van der Waals surface area (Å²) >= 11 is 7.42. The van der Waals surface area contributed by atoms with Gasteiger partial charge in [-0.25, -0.2) is 0 Å². The lowest BCUT2D eigenvalue weighted by Gasteiger charge is -2.28. The molecule has 5 rings (SSSR count). The van der Waals surface area contributed by atoms with Crippen LogP contribution < -0.4 is 10.2 Å². The topological polar surface area (TPSA) is 66.5 Å². The normalized spacial score (nSPS) is 31.3. The fourth-order valence-corrected chi connectivity index (χ4v) is 7.49. The van der Waals surface area contributed by atoms with Crippen molar-refractivity contribution < 1.29 is 14.4 Å². The van der Waals surface area contributed by atoms with Gasteiger partial charge in [0.1, 0.15) is 0 Å². The molecule has 3 fully saturated rings. The third-order valence-corrected chi connectivity index (χ3v) is 10.1. The number of carbonyl (C=O) groups excluding carboxylic acids is 3. The fraction of sp³-hybridized carbons (Fsp3) is 0.375. The molecule has 1 heterocycles. The number of nitrogens with one attached hydrogen (secondary N) is 1. The first-order valence-corrected chi connectivity index (χ1v) is 12.2. The summed E-state index contributed by atoms with van der Waals surface area (Å²) in [7, 11) is 0. The van der Waals surface area contributed by atoms with E-state index in [0.29, 0.717) is 11.3 Å². The second-order valence-corrected chi connectivity index (χ2v) is 11.0. The minimum atomic E-state index is -0.247. The summed E-state index contributed by atoms with van der Waals surface area (Å²) in [4.78, 5) is 40.7. The Balaban J connectivity index is 1.35. The lowest BCUT2D eigenvalue weighted by Crippen LogP contribution is -2.37. The lowest BCUT2D eigenvalue weighted by atomic mass is 9.81. The van der Waals surface area contributed by atoms with Crippen molar-refractivity contribution in [1.82, 2.24) is 0 Å². The number of imide groups is 1. The van der Waals surface area contributed by atoms with E-state index >= 15 is 0 Å². The SMILES string of the molecule is Cc1cc(C)cc(NC(=O)c2ccc(N3C(=O)[C@@H]4[C@H]5C[C@@H]([C@@H](Br)[C@H]5Br)[C@H]4C3=O)cc2)c1. The second-order valence-electron chi connectivity index (χ2n) is 8.89. The zero-order valence-electron chi connectivity index (χ0n) is 17.1. The van der Waals surface area contributed by atoms with Crippen molar-refractivity contribution in [2.45, 2.75) is 29.9 Å². The van der Waals surface area contributed by atoms with Gasteiger partial charge in [-0.3, -0.25) is 19.3 Å². The number of amides is 3. The van der Waals surface area contributed by atoms with Crippen molar-refractivity contribution in [2.24, 2.45) is 23.7 Å². The molecule has 1 aliphatic heterocycles. The number of anilines is 2. The van der Waals surface area contributed by atoms with Crippen LogP contribution in [0.15, 0.2) is 42.5 Å². The molecule has 2 bridgehead atoms. The molecule has 3 aliphatic rings. The van der Waals surface area contributed by atoms with Crippen molar-refractivity contribution in [3.05, 3.63) is 59.2 Å². The monoisotopic (exact) mass is 544 g/mol. The van der Waals surface area contributed by atoms with Gasteiger partial charge in [0.2, 0.25) is 11.8 Å². The number of aryl methyl sites for hydroxylation is 2. The van der Waals surface area contributed by atoms with Crippen LogP contribution in [0.2, 0.25) is 0 Å². The van der Waals surface area contributed by atoms with Gasteiger partial charge in [-0.05, 0) is 79.6 Å². The number of fused-ring (bicyclic) bond motifs is 5. The van der Waals surface area contributed by atoms with Crippen molar-refractivity contribution in [2.75, 3.05) is 10.2 Å². The molecule has 2 aromatic carbocycles. The van der Waals surface area contributed by atoms with E-state index in [1.165, 1.54) is 4.90 Å². The number of hydrogen-bond acceptors (Lipinski definition) is 3. The molecule has 3 amide bonds. The van der Waals surface area contributed by atoms with Crippen LogP contribution in [0, 0.1) is 37.5 Å². The number of nitrogens with zero attached hydrogens (tertiary/aromatic N) is 1. The van der Waals surface area contributed by atoms with Gasteiger partial charge >= 0.3 is 0 Å². The van der Waals surface area contributed by atoms with E-state index in [1.807, 2.05) is 32.0 Å². The maximum atomic E-state index is 13.2. The number of carbonyl (C=O) groups is 3. The Kier molecular flexibility index (Phi) is 5.09. The highest BCUT2D eigenvalue weighted by Gasteiger charge is 2.66. The highest BCUT2D eigenvalue weighted by molar-refractivity contribution is 9.12.